The van der Waals surface area contributed by atoms with E-state index in [1.807, 2.05) is 36.4 Å². The van der Waals surface area contributed by atoms with Gasteiger partial charge in [0.05, 0.1) is 0 Å². The number of nitrogens with two attached hydrogens (primary N) is 1. The first-order chi connectivity index (χ1) is 7.29. The van der Waals surface area contributed by atoms with Crippen LogP contribution in [0.1, 0.15) is 5.56 Å². The summed E-state index contributed by atoms with van der Waals surface area (Å²) >= 11 is 0. The Balaban J connectivity index is 2.56. The lowest BCUT2D eigenvalue weighted by atomic mass is 10.1. The van der Waals surface area contributed by atoms with E-state index in [1.54, 1.807) is 0 Å². The van der Waals surface area contributed by atoms with Gasteiger partial charge < -0.3 is 5.73 Å². The van der Waals surface area contributed by atoms with Crippen molar-refractivity contribution < 1.29 is 4.79 Å². The Bertz CT molecular complexity index is 576. The molecule has 0 heterocycles. The van der Waals surface area contributed by atoms with Crippen molar-refractivity contribution in [2.24, 2.45) is 0 Å². The highest BCUT2D eigenvalue weighted by atomic mass is 16.1. The summed E-state index contributed by atoms with van der Waals surface area (Å²) in [6.07, 6.45) is 0.590. The highest BCUT2D eigenvalue weighted by molar-refractivity contribution is 5.87. The zero-order valence-corrected chi connectivity index (χ0v) is 8.03. The third-order valence-corrected chi connectivity index (χ3v) is 2.14. The molecule has 0 aliphatic heterocycles. The molecule has 0 aromatic heterocycles. The number of fused-ring (bicyclic) bond motifs is 1. The van der Waals surface area contributed by atoms with E-state index in [0.717, 1.165) is 22.0 Å². The van der Waals surface area contributed by atoms with Crippen LogP contribution in [-0.2, 0) is 4.79 Å². The van der Waals surface area contributed by atoms with E-state index in [-0.39, 0.29) is 0 Å². The van der Waals surface area contributed by atoms with Crippen molar-refractivity contribution in [2.45, 2.75) is 0 Å². The summed E-state index contributed by atoms with van der Waals surface area (Å²) in [7, 11) is 0. The van der Waals surface area contributed by atoms with E-state index in [4.69, 9.17) is 5.73 Å². The molecule has 0 amide bonds. The van der Waals surface area contributed by atoms with Crippen molar-refractivity contribution in [1.82, 2.24) is 0 Å². The number of anilines is 1. The fourth-order valence-corrected chi connectivity index (χ4v) is 1.45. The van der Waals surface area contributed by atoms with Gasteiger partial charge in [0, 0.05) is 11.3 Å². The summed E-state index contributed by atoms with van der Waals surface area (Å²) in [5.41, 5.74) is 7.25. The first-order valence-electron chi connectivity index (χ1n) is 4.54. The fraction of sp³-hybridized carbons (Fsp3) is 0. The third kappa shape index (κ3) is 1.97. The minimum atomic E-state index is 0.590. The van der Waals surface area contributed by atoms with E-state index >= 15 is 0 Å². The maximum Gasteiger partial charge on any atom is 0.193 e. The Morgan fingerprint density at radius 2 is 1.80 bits per heavy atom. The molecule has 0 saturated carbocycles. The smallest absolute Gasteiger partial charge is 0.193 e. The molecule has 0 saturated heterocycles. The van der Waals surface area contributed by atoms with Crippen molar-refractivity contribution >= 4 is 22.7 Å². The third-order valence-electron chi connectivity index (χ3n) is 2.14. The standard InChI is InChI=1S/C13H9NO/c14-13-6-5-11-8-10(2-1-7-15)3-4-12(11)9-13/h3-9H,14H2. The zero-order chi connectivity index (χ0) is 10.7. The minimum absolute atomic E-state index is 0.590. The van der Waals surface area contributed by atoms with Gasteiger partial charge >= 0.3 is 0 Å². The second kappa shape index (κ2) is 3.85. The summed E-state index contributed by atoms with van der Waals surface area (Å²) in [6.45, 7) is 0. The minimum Gasteiger partial charge on any atom is -0.399 e. The Morgan fingerprint density at radius 3 is 2.60 bits per heavy atom. The van der Waals surface area contributed by atoms with Crippen LogP contribution >= 0.6 is 0 Å². The summed E-state index contributed by atoms with van der Waals surface area (Å²) in [5.74, 6) is 5.14. The molecular weight excluding hydrogens is 186 g/mol. The van der Waals surface area contributed by atoms with Gasteiger partial charge in [-0.2, -0.15) is 0 Å². The van der Waals surface area contributed by atoms with Gasteiger partial charge in [0.25, 0.3) is 0 Å². The number of hydrogen-bond donors (Lipinski definition) is 1. The van der Waals surface area contributed by atoms with Crippen LogP contribution in [0.3, 0.4) is 0 Å². The molecule has 2 aromatic carbocycles. The lowest BCUT2D eigenvalue weighted by Crippen LogP contribution is -1.84. The molecule has 2 N–H and O–H groups in total. The molecular formula is C13H9NO. The van der Waals surface area contributed by atoms with E-state index in [9.17, 15) is 4.79 Å². The van der Waals surface area contributed by atoms with Crippen LogP contribution in [0.5, 0.6) is 0 Å². The Kier molecular flexibility index (Phi) is 2.38. The Labute approximate surface area is 87.7 Å². The second-order valence-electron chi connectivity index (χ2n) is 3.21. The molecule has 2 heteroatoms. The average molecular weight is 195 g/mol. The first-order valence-corrected chi connectivity index (χ1v) is 4.54. The molecule has 0 aliphatic rings. The highest BCUT2D eigenvalue weighted by Gasteiger charge is 1.94. The predicted octanol–water partition coefficient (Wildman–Crippen LogP) is 1.97. The zero-order valence-electron chi connectivity index (χ0n) is 8.03. The van der Waals surface area contributed by atoms with Crippen molar-refractivity contribution in [3.05, 3.63) is 42.0 Å². The number of benzene rings is 2. The van der Waals surface area contributed by atoms with Gasteiger partial charge in [0.2, 0.25) is 0 Å². The van der Waals surface area contributed by atoms with Crippen molar-refractivity contribution in [3.8, 4) is 11.8 Å². The summed E-state index contributed by atoms with van der Waals surface area (Å²) in [5, 5.41) is 2.15. The molecule has 2 aromatic rings. The molecule has 0 atom stereocenters. The van der Waals surface area contributed by atoms with Crippen LogP contribution in [0.15, 0.2) is 36.4 Å². The number of nitrogen functional groups attached to an aromatic ring is 1. The molecule has 0 fully saturated rings. The molecule has 15 heavy (non-hydrogen) atoms. The van der Waals surface area contributed by atoms with Crippen LogP contribution in [0.2, 0.25) is 0 Å². The van der Waals surface area contributed by atoms with E-state index in [0.29, 0.717) is 6.29 Å². The van der Waals surface area contributed by atoms with Gasteiger partial charge in [-0.15, -0.1) is 0 Å². The van der Waals surface area contributed by atoms with Gasteiger partial charge in [0.15, 0.2) is 6.29 Å². The van der Waals surface area contributed by atoms with Crippen molar-refractivity contribution in [2.75, 3.05) is 5.73 Å². The van der Waals surface area contributed by atoms with Crippen LogP contribution in [0.4, 0.5) is 5.69 Å². The van der Waals surface area contributed by atoms with Crippen LogP contribution < -0.4 is 5.73 Å². The van der Waals surface area contributed by atoms with E-state index < -0.39 is 0 Å². The summed E-state index contributed by atoms with van der Waals surface area (Å²) in [6, 6.07) is 11.5. The highest BCUT2D eigenvalue weighted by Crippen LogP contribution is 2.18. The SMILES string of the molecule is Nc1ccc2cc(C#CC=O)ccc2c1. The number of hydrogen-bond acceptors (Lipinski definition) is 2. The molecule has 2 nitrogen and oxygen atoms in total. The van der Waals surface area contributed by atoms with E-state index in [2.05, 4.69) is 11.8 Å². The number of carbonyl (C=O) groups is 1. The summed E-state index contributed by atoms with van der Waals surface area (Å²) in [4.78, 5) is 10.1. The van der Waals surface area contributed by atoms with E-state index in [1.165, 1.54) is 0 Å². The second-order valence-corrected chi connectivity index (χ2v) is 3.21. The normalized spacial score (nSPS) is 9.33. The topological polar surface area (TPSA) is 43.1 Å². The lowest BCUT2D eigenvalue weighted by molar-refractivity contribution is -0.103. The number of aldehydes is 1. The molecule has 2 rings (SSSR count). The van der Waals surface area contributed by atoms with Crippen molar-refractivity contribution in [1.29, 1.82) is 0 Å². The molecule has 0 unspecified atom stereocenters. The quantitative estimate of drug-likeness (QED) is 0.397. The van der Waals surface area contributed by atoms with Gasteiger partial charge in [-0.25, -0.2) is 0 Å². The average Bonchev–Trinajstić information content (AvgIpc) is 2.26. The largest absolute Gasteiger partial charge is 0.399 e. The van der Waals surface area contributed by atoms with Gasteiger partial charge in [-0.3, -0.25) is 4.79 Å². The molecule has 72 valence electrons. The predicted molar refractivity (Wildman–Crippen MR) is 61.3 cm³/mol. The van der Waals surface area contributed by atoms with Crippen molar-refractivity contribution in [3.63, 3.8) is 0 Å². The van der Waals surface area contributed by atoms with Gasteiger partial charge in [-0.1, -0.05) is 18.1 Å². The molecule has 0 spiro atoms. The number of rotatable bonds is 0. The fourth-order valence-electron chi connectivity index (χ4n) is 1.45. The summed E-state index contributed by atoms with van der Waals surface area (Å²) < 4.78 is 0. The monoisotopic (exact) mass is 195 g/mol. The lowest BCUT2D eigenvalue weighted by Gasteiger charge is -1.99. The van der Waals surface area contributed by atoms with Crippen LogP contribution in [-0.4, -0.2) is 6.29 Å². The Hall–Kier alpha value is -2.27. The van der Waals surface area contributed by atoms with Crippen LogP contribution in [0, 0.1) is 11.8 Å². The molecule has 0 aliphatic carbocycles. The molecule has 0 bridgehead atoms. The number of carbonyl (C=O) groups excluding carboxylic acids is 1. The maximum absolute atomic E-state index is 10.1. The van der Waals surface area contributed by atoms with Gasteiger partial charge in [0.1, 0.15) is 0 Å². The molecule has 0 radical (unpaired) electrons. The Morgan fingerprint density at radius 1 is 1.07 bits per heavy atom. The van der Waals surface area contributed by atoms with Crippen LogP contribution in [0.25, 0.3) is 10.8 Å². The maximum atomic E-state index is 10.1. The first kappa shape index (κ1) is 9.29. The van der Waals surface area contributed by atoms with Gasteiger partial charge in [-0.05, 0) is 41.0 Å².